The average molecular weight is 258 g/mol. The SMILES string of the molecule is C[N+]1(CCCC[N+]2(C)CCCOC2)CCCOC1. The predicted octanol–water partition coefficient (Wildman–Crippen LogP) is 1.42. The van der Waals surface area contributed by atoms with Crippen molar-refractivity contribution < 1.29 is 18.4 Å². The van der Waals surface area contributed by atoms with Crippen molar-refractivity contribution >= 4 is 0 Å². The third kappa shape index (κ3) is 4.19. The van der Waals surface area contributed by atoms with Crippen molar-refractivity contribution in [2.75, 3.05) is 66.9 Å². The van der Waals surface area contributed by atoms with Crippen LogP contribution in [0.5, 0.6) is 0 Å². The van der Waals surface area contributed by atoms with Gasteiger partial charge in [0.15, 0.2) is 13.5 Å². The molecule has 0 saturated carbocycles. The molecule has 4 nitrogen and oxygen atoms in total. The first kappa shape index (κ1) is 14.3. The lowest BCUT2D eigenvalue weighted by Crippen LogP contribution is -2.52. The lowest BCUT2D eigenvalue weighted by atomic mass is 10.2. The fourth-order valence-corrected chi connectivity index (χ4v) is 3.14. The van der Waals surface area contributed by atoms with E-state index in [1.807, 2.05) is 0 Å². The monoisotopic (exact) mass is 258 g/mol. The van der Waals surface area contributed by atoms with Gasteiger partial charge in [0, 0.05) is 25.7 Å². The standard InChI is InChI=1S/C14H30N2O2/c1-15(9-5-11-17-13-15)7-3-4-8-16(2)10-6-12-18-14-16/h3-14H2,1-2H3/q+2. The molecule has 18 heavy (non-hydrogen) atoms. The zero-order valence-electron chi connectivity index (χ0n) is 12.2. The summed E-state index contributed by atoms with van der Waals surface area (Å²) in [7, 11) is 4.67. The van der Waals surface area contributed by atoms with E-state index in [2.05, 4.69) is 14.1 Å². The summed E-state index contributed by atoms with van der Waals surface area (Å²) in [5.41, 5.74) is 0. The Morgan fingerprint density at radius 3 is 1.56 bits per heavy atom. The molecule has 2 rings (SSSR count). The topological polar surface area (TPSA) is 18.5 Å². The van der Waals surface area contributed by atoms with Crippen LogP contribution in [-0.2, 0) is 9.47 Å². The van der Waals surface area contributed by atoms with E-state index < -0.39 is 0 Å². The highest BCUT2D eigenvalue weighted by Gasteiger charge is 2.27. The first-order valence-electron chi connectivity index (χ1n) is 7.45. The maximum Gasteiger partial charge on any atom is 0.182 e. The summed E-state index contributed by atoms with van der Waals surface area (Å²) in [5, 5.41) is 0. The van der Waals surface area contributed by atoms with Crippen LogP contribution in [0.15, 0.2) is 0 Å². The van der Waals surface area contributed by atoms with Crippen LogP contribution in [0.25, 0.3) is 0 Å². The van der Waals surface area contributed by atoms with Crippen molar-refractivity contribution in [2.24, 2.45) is 0 Å². The van der Waals surface area contributed by atoms with Gasteiger partial charge in [0.05, 0.1) is 53.5 Å². The Morgan fingerprint density at radius 1 is 0.778 bits per heavy atom. The van der Waals surface area contributed by atoms with Crippen LogP contribution < -0.4 is 0 Å². The Kier molecular flexibility index (Phi) is 5.01. The molecule has 2 heterocycles. The van der Waals surface area contributed by atoms with Gasteiger partial charge in [-0.3, -0.25) is 0 Å². The number of ether oxygens (including phenoxy) is 2. The van der Waals surface area contributed by atoms with E-state index in [0.717, 1.165) is 35.6 Å². The first-order valence-corrected chi connectivity index (χ1v) is 7.45. The Morgan fingerprint density at radius 2 is 1.22 bits per heavy atom. The highest BCUT2D eigenvalue weighted by molar-refractivity contribution is 4.48. The van der Waals surface area contributed by atoms with Crippen LogP contribution in [-0.4, -0.2) is 75.9 Å². The quantitative estimate of drug-likeness (QED) is 0.548. The lowest BCUT2D eigenvalue weighted by molar-refractivity contribution is -0.940. The molecule has 0 amide bonds. The van der Waals surface area contributed by atoms with E-state index in [1.165, 1.54) is 51.9 Å². The second-order valence-electron chi connectivity index (χ2n) is 6.62. The Labute approximate surface area is 112 Å². The molecule has 2 fully saturated rings. The van der Waals surface area contributed by atoms with E-state index in [9.17, 15) is 0 Å². The van der Waals surface area contributed by atoms with Crippen LogP contribution in [0.2, 0.25) is 0 Å². The summed E-state index contributed by atoms with van der Waals surface area (Å²) in [5.74, 6) is 0. The van der Waals surface area contributed by atoms with Crippen molar-refractivity contribution in [1.82, 2.24) is 0 Å². The zero-order valence-corrected chi connectivity index (χ0v) is 12.2. The first-order chi connectivity index (χ1) is 8.62. The molecule has 2 aliphatic heterocycles. The van der Waals surface area contributed by atoms with Gasteiger partial charge in [-0.15, -0.1) is 0 Å². The van der Waals surface area contributed by atoms with Crippen molar-refractivity contribution in [3.8, 4) is 0 Å². The van der Waals surface area contributed by atoms with Crippen LogP contribution in [0.3, 0.4) is 0 Å². The van der Waals surface area contributed by atoms with E-state index in [-0.39, 0.29) is 0 Å². The van der Waals surface area contributed by atoms with Gasteiger partial charge in [-0.1, -0.05) is 0 Å². The summed E-state index contributed by atoms with van der Waals surface area (Å²) < 4.78 is 13.4. The number of hydrogen-bond donors (Lipinski definition) is 0. The molecule has 106 valence electrons. The third-order valence-corrected chi connectivity index (χ3v) is 4.43. The second kappa shape index (κ2) is 6.33. The molecule has 4 heteroatoms. The molecule has 0 aromatic carbocycles. The fourth-order valence-electron chi connectivity index (χ4n) is 3.14. The molecular weight excluding hydrogens is 228 g/mol. The highest BCUT2D eigenvalue weighted by Crippen LogP contribution is 2.15. The minimum Gasteiger partial charge on any atom is -0.331 e. The van der Waals surface area contributed by atoms with Gasteiger partial charge in [-0.25, -0.2) is 0 Å². The summed E-state index contributed by atoms with van der Waals surface area (Å²) >= 11 is 0. The molecule has 2 saturated heterocycles. The van der Waals surface area contributed by atoms with E-state index >= 15 is 0 Å². The van der Waals surface area contributed by atoms with Crippen molar-refractivity contribution in [1.29, 1.82) is 0 Å². The number of quaternary nitrogens is 2. The third-order valence-electron chi connectivity index (χ3n) is 4.43. The summed E-state index contributed by atoms with van der Waals surface area (Å²) in [6, 6.07) is 0. The Bertz CT molecular complexity index is 220. The molecule has 0 radical (unpaired) electrons. The summed E-state index contributed by atoms with van der Waals surface area (Å²) in [4.78, 5) is 0. The lowest BCUT2D eigenvalue weighted by Gasteiger charge is -2.39. The Hall–Kier alpha value is -0.160. The van der Waals surface area contributed by atoms with Gasteiger partial charge < -0.3 is 18.4 Å². The van der Waals surface area contributed by atoms with Crippen LogP contribution in [0, 0.1) is 0 Å². The van der Waals surface area contributed by atoms with Gasteiger partial charge in [0.25, 0.3) is 0 Å². The molecule has 0 aromatic rings. The van der Waals surface area contributed by atoms with Crippen LogP contribution in [0.1, 0.15) is 25.7 Å². The maximum absolute atomic E-state index is 5.60. The van der Waals surface area contributed by atoms with Crippen molar-refractivity contribution in [3.63, 3.8) is 0 Å². The smallest absolute Gasteiger partial charge is 0.182 e. The average Bonchev–Trinajstić information content (AvgIpc) is 2.37. The van der Waals surface area contributed by atoms with Gasteiger partial charge in [-0.05, 0) is 0 Å². The molecule has 0 aliphatic carbocycles. The van der Waals surface area contributed by atoms with Crippen LogP contribution in [0.4, 0.5) is 0 Å². The summed E-state index contributed by atoms with van der Waals surface area (Å²) in [6.07, 6.45) is 5.07. The highest BCUT2D eigenvalue weighted by atomic mass is 16.5. The summed E-state index contributed by atoms with van der Waals surface area (Å²) in [6.45, 7) is 8.84. The molecular formula is C14H30N2O2+2. The van der Waals surface area contributed by atoms with Crippen molar-refractivity contribution in [2.45, 2.75) is 25.7 Å². The largest absolute Gasteiger partial charge is 0.331 e. The Balaban J connectivity index is 1.63. The van der Waals surface area contributed by atoms with E-state index in [1.54, 1.807) is 0 Å². The fraction of sp³-hybridized carbons (Fsp3) is 1.00. The number of hydrogen-bond acceptors (Lipinski definition) is 2. The molecule has 2 aliphatic rings. The number of unbranched alkanes of at least 4 members (excludes halogenated alkanes) is 1. The van der Waals surface area contributed by atoms with Crippen LogP contribution >= 0.6 is 0 Å². The van der Waals surface area contributed by atoms with E-state index in [4.69, 9.17) is 9.47 Å². The number of nitrogens with zero attached hydrogens (tertiary/aromatic N) is 2. The maximum atomic E-state index is 5.60. The van der Waals surface area contributed by atoms with E-state index in [0.29, 0.717) is 0 Å². The normalized spacial score (nSPS) is 37.7. The van der Waals surface area contributed by atoms with Gasteiger partial charge in [0.2, 0.25) is 0 Å². The van der Waals surface area contributed by atoms with Crippen molar-refractivity contribution in [3.05, 3.63) is 0 Å². The molecule has 0 N–H and O–H groups in total. The minimum atomic E-state index is 0.912. The van der Waals surface area contributed by atoms with Gasteiger partial charge in [-0.2, -0.15) is 0 Å². The predicted molar refractivity (Wildman–Crippen MR) is 71.9 cm³/mol. The van der Waals surface area contributed by atoms with Gasteiger partial charge >= 0.3 is 0 Å². The second-order valence-corrected chi connectivity index (χ2v) is 6.62. The molecule has 2 atom stereocenters. The molecule has 0 aromatic heterocycles. The molecule has 0 bridgehead atoms. The molecule has 0 spiro atoms. The zero-order chi connectivity index (χ0) is 12.9. The number of rotatable bonds is 5. The molecule has 2 unspecified atom stereocenters. The van der Waals surface area contributed by atoms with Gasteiger partial charge in [0.1, 0.15) is 0 Å². The minimum absolute atomic E-state index is 0.912.